The summed E-state index contributed by atoms with van der Waals surface area (Å²) in [5, 5.41) is 10.8. The summed E-state index contributed by atoms with van der Waals surface area (Å²) in [6.45, 7) is 6.04. The van der Waals surface area contributed by atoms with E-state index in [2.05, 4.69) is 58.4 Å². The van der Waals surface area contributed by atoms with Crippen molar-refractivity contribution in [1.29, 1.82) is 0 Å². The van der Waals surface area contributed by atoms with Gasteiger partial charge in [0.1, 0.15) is 17.5 Å². The van der Waals surface area contributed by atoms with E-state index in [4.69, 9.17) is 9.73 Å². The van der Waals surface area contributed by atoms with Crippen molar-refractivity contribution < 1.29 is 14.6 Å². The van der Waals surface area contributed by atoms with Crippen LogP contribution in [0, 0.1) is 5.92 Å². The molecule has 6 rings (SSSR count). The largest absolute Gasteiger partial charge is 0.384 e. The number of nitrogens with zero attached hydrogens (tertiary/aromatic N) is 4. The van der Waals surface area contributed by atoms with Crippen LogP contribution in [0.15, 0.2) is 65.8 Å². The van der Waals surface area contributed by atoms with E-state index in [1.54, 1.807) is 11.8 Å². The lowest BCUT2D eigenvalue weighted by Crippen LogP contribution is -2.40. The second kappa shape index (κ2) is 9.30. The predicted octanol–water partition coefficient (Wildman–Crippen LogP) is 3.35. The van der Waals surface area contributed by atoms with Crippen LogP contribution in [-0.2, 0) is 9.53 Å². The molecule has 3 aromatic rings. The normalized spacial score (nSPS) is 24.6. The Hall–Kier alpha value is -3.29. The summed E-state index contributed by atoms with van der Waals surface area (Å²) in [5.74, 6) is 1.21. The van der Waals surface area contributed by atoms with Crippen LogP contribution in [0.5, 0.6) is 0 Å². The minimum atomic E-state index is -0.941. The number of likely N-dealkylation sites (tertiary alicyclic amines) is 1. The first-order valence-corrected chi connectivity index (χ1v) is 12.8. The summed E-state index contributed by atoms with van der Waals surface area (Å²) in [4.78, 5) is 26.2. The van der Waals surface area contributed by atoms with Crippen molar-refractivity contribution in [1.82, 2.24) is 14.8 Å². The van der Waals surface area contributed by atoms with Crippen molar-refractivity contribution in [2.24, 2.45) is 10.9 Å². The monoisotopic (exact) mass is 484 g/mol. The molecule has 7 nitrogen and oxygen atoms in total. The SMILES string of the molecule is CC(O)C(=O)N1CC[C@@H](CN2CC3(CCOC3)N=C2c2ccc(-c3ccc4cccnc4c3)cc2)C1. The molecule has 186 valence electrons. The van der Waals surface area contributed by atoms with Crippen molar-refractivity contribution >= 4 is 22.6 Å². The number of benzene rings is 2. The Balaban J connectivity index is 1.23. The number of aliphatic imine (C=N–C) groups is 1. The number of rotatable bonds is 5. The maximum atomic E-state index is 12.3. The van der Waals surface area contributed by atoms with Crippen molar-refractivity contribution in [2.45, 2.75) is 31.4 Å². The third kappa shape index (κ3) is 4.38. The Morgan fingerprint density at radius 2 is 1.97 bits per heavy atom. The van der Waals surface area contributed by atoms with Gasteiger partial charge in [-0.1, -0.05) is 42.5 Å². The molecule has 1 amide bonds. The molecule has 4 heterocycles. The Morgan fingerprint density at radius 1 is 1.17 bits per heavy atom. The smallest absolute Gasteiger partial charge is 0.251 e. The standard InChI is InChI=1S/C29H32N4O3/c1-20(34)28(35)32-13-10-21(16-32)17-33-18-29(11-14-36-19-29)31-27(33)24-7-4-22(5-8-24)25-9-6-23-3-2-12-30-26(23)15-25/h2-9,12,15,20-21,34H,10-11,13-14,16-19H2,1H3/t20?,21-,29?/m1/s1. The fourth-order valence-electron chi connectivity index (χ4n) is 5.78. The number of carbonyl (C=O) groups is 1. The highest BCUT2D eigenvalue weighted by molar-refractivity contribution is 6.01. The van der Waals surface area contributed by atoms with E-state index in [1.807, 2.05) is 12.3 Å². The Morgan fingerprint density at radius 3 is 2.75 bits per heavy atom. The molecule has 2 unspecified atom stereocenters. The van der Waals surface area contributed by atoms with Crippen LogP contribution in [0.4, 0.5) is 0 Å². The molecule has 1 N–H and O–H groups in total. The molecule has 1 spiro atoms. The van der Waals surface area contributed by atoms with Crippen LogP contribution in [0.1, 0.15) is 25.3 Å². The Bertz CT molecular complexity index is 1300. The molecule has 7 heteroatoms. The number of amidine groups is 1. The van der Waals surface area contributed by atoms with E-state index < -0.39 is 6.10 Å². The third-order valence-electron chi connectivity index (χ3n) is 7.73. The fourth-order valence-corrected chi connectivity index (χ4v) is 5.78. The number of hydrogen-bond donors (Lipinski definition) is 1. The highest BCUT2D eigenvalue weighted by Crippen LogP contribution is 2.34. The number of hydrogen-bond acceptors (Lipinski definition) is 6. The number of ether oxygens (including phenoxy) is 1. The van der Waals surface area contributed by atoms with E-state index in [1.165, 1.54) is 0 Å². The third-order valence-corrected chi connectivity index (χ3v) is 7.73. The number of aromatic nitrogens is 1. The molecule has 0 bridgehead atoms. The van der Waals surface area contributed by atoms with E-state index >= 15 is 0 Å². The van der Waals surface area contributed by atoms with Crippen LogP contribution in [-0.4, -0.2) is 82.7 Å². The van der Waals surface area contributed by atoms with Crippen LogP contribution in [0.25, 0.3) is 22.0 Å². The fraction of sp³-hybridized carbons (Fsp3) is 0.414. The lowest BCUT2D eigenvalue weighted by molar-refractivity contribution is -0.138. The molecule has 0 radical (unpaired) electrons. The van der Waals surface area contributed by atoms with E-state index in [-0.39, 0.29) is 11.4 Å². The zero-order chi connectivity index (χ0) is 24.7. The molecule has 1 aromatic heterocycles. The highest BCUT2D eigenvalue weighted by atomic mass is 16.5. The number of aliphatic hydroxyl groups is 1. The van der Waals surface area contributed by atoms with E-state index in [0.29, 0.717) is 25.6 Å². The molecule has 2 fully saturated rings. The summed E-state index contributed by atoms with van der Waals surface area (Å²) in [7, 11) is 0. The molecule has 3 aliphatic heterocycles. The van der Waals surface area contributed by atoms with Crippen molar-refractivity contribution in [2.75, 3.05) is 39.4 Å². The molecule has 0 saturated carbocycles. The average molecular weight is 485 g/mol. The number of aliphatic hydroxyl groups excluding tert-OH is 1. The van der Waals surface area contributed by atoms with Crippen molar-refractivity contribution in [3.63, 3.8) is 0 Å². The minimum absolute atomic E-state index is 0.173. The first-order valence-electron chi connectivity index (χ1n) is 12.8. The van der Waals surface area contributed by atoms with Crippen LogP contribution in [0.3, 0.4) is 0 Å². The van der Waals surface area contributed by atoms with Gasteiger partial charge in [-0.05, 0) is 48.9 Å². The number of fused-ring (bicyclic) bond motifs is 1. The van der Waals surface area contributed by atoms with Gasteiger partial charge in [-0.25, -0.2) is 0 Å². The summed E-state index contributed by atoms with van der Waals surface area (Å²) < 4.78 is 5.75. The molecule has 2 aromatic carbocycles. The van der Waals surface area contributed by atoms with E-state index in [0.717, 1.165) is 66.0 Å². The van der Waals surface area contributed by atoms with Gasteiger partial charge in [-0.3, -0.25) is 14.8 Å². The lowest BCUT2D eigenvalue weighted by atomic mass is 10.00. The van der Waals surface area contributed by atoms with E-state index in [9.17, 15) is 9.90 Å². The Kier molecular flexibility index (Phi) is 5.97. The first kappa shape index (κ1) is 23.1. The quantitative estimate of drug-likeness (QED) is 0.601. The van der Waals surface area contributed by atoms with Gasteiger partial charge in [0.25, 0.3) is 5.91 Å². The van der Waals surface area contributed by atoms with Gasteiger partial charge in [0.15, 0.2) is 0 Å². The molecule has 3 aliphatic rings. The second-order valence-corrected chi connectivity index (χ2v) is 10.4. The van der Waals surface area contributed by atoms with Crippen molar-refractivity contribution in [3.8, 4) is 11.1 Å². The maximum absolute atomic E-state index is 12.3. The predicted molar refractivity (Wildman–Crippen MR) is 140 cm³/mol. The molecule has 2 saturated heterocycles. The van der Waals surface area contributed by atoms with Crippen LogP contribution < -0.4 is 0 Å². The summed E-state index contributed by atoms with van der Waals surface area (Å²) in [6.07, 6.45) is 2.77. The first-order chi connectivity index (χ1) is 17.5. The zero-order valence-electron chi connectivity index (χ0n) is 20.6. The number of carbonyl (C=O) groups excluding carboxylic acids is 1. The molecule has 3 atom stereocenters. The summed E-state index contributed by atoms with van der Waals surface area (Å²) in [5.41, 5.74) is 4.22. The number of amides is 1. The topological polar surface area (TPSA) is 78.3 Å². The average Bonchev–Trinajstić information content (AvgIpc) is 3.64. The van der Waals surface area contributed by atoms with Gasteiger partial charge in [0.2, 0.25) is 0 Å². The second-order valence-electron chi connectivity index (χ2n) is 10.4. The Labute approximate surface area is 211 Å². The van der Waals surface area contributed by atoms with Gasteiger partial charge >= 0.3 is 0 Å². The van der Waals surface area contributed by atoms with Gasteiger partial charge in [-0.2, -0.15) is 0 Å². The molecule has 36 heavy (non-hydrogen) atoms. The maximum Gasteiger partial charge on any atom is 0.251 e. The number of pyridine rings is 1. The van der Waals surface area contributed by atoms with Crippen LogP contribution in [0.2, 0.25) is 0 Å². The summed E-state index contributed by atoms with van der Waals surface area (Å²) in [6, 6.07) is 19.1. The zero-order valence-corrected chi connectivity index (χ0v) is 20.6. The highest BCUT2D eigenvalue weighted by Gasteiger charge is 2.43. The molecule has 0 aliphatic carbocycles. The van der Waals surface area contributed by atoms with Gasteiger partial charge in [0.05, 0.1) is 12.1 Å². The van der Waals surface area contributed by atoms with Crippen molar-refractivity contribution in [3.05, 3.63) is 66.4 Å². The molecular weight excluding hydrogens is 452 g/mol. The summed E-state index contributed by atoms with van der Waals surface area (Å²) >= 11 is 0. The van der Waals surface area contributed by atoms with Gasteiger partial charge in [-0.15, -0.1) is 0 Å². The minimum Gasteiger partial charge on any atom is -0.384 e. The molecular formula is C29H32N4O3. The van der Waals surface area contributed by atoms with Crippen LogP contribution >= 0.6 is 0 Å². The van der Waals surface area contributed by atoms with Gasteiger partial charge in [0, 0.05) is 49.9 Å². The van der Waals surface area contributed by atoms with Gasteiger partial charge < -0.3 is 19.6 Å². The lowest BCUT2D eigenvalue weighted by Gasteiger charge is -2.27.